The van der Waals surface area contributed by atoms with Gasteiger partial charge in [-0.05, 0) is 0 Å². The summed E-state index contributed by atoms with van der Waals surface area (Å²) in [6.07, 6.45) is -10.7. The minimum Gasteiger partial charge on any atom is -0.600 e. The van der Waals surface area contributed by atoms with E-state index in [4.69, 9.17) is 34.6 Å². The molecule has 1 aliphatic heterocycles. The zero-order valence-electron chi connectivity index (χ0n) is 17.2. The molecule has 3 unspecified atom stereocenters. The number of aliphatic hydroxyl groups excluding tert-OH is 2. The van der Waals surface area contributed by atoms with Crippen LogP contribution in [-0.2, 0) is 33.3 Å². The predicted octanol–water partition coefficient (Wildman–Crippen LogP) is -7.08. The number of hydrogen-bond acceptors (Lipinski definition) is 15. The lowest BCUT2D eigenvalue weighted by Crippen LogP contribution is -3.04. The lowest BCUT2D eigenvalue weighted by atomic mass is 9.98. The standard InChI is InChI=1S/C15H27N3O15/c19-9(1-4-16(24)25)30-7-8-12(22)13(32-10(20)2-5-17(26)27)14(15(23)31-8)33-11(21)3-6-18(28)29/h8,12-18,22-24,26,28H,1-7H2/t8-,12-,13-,14-,15+/m1/s1. The lowest BCUT2D eigenvalue weighted by Gasteiger charge is -2.41. The highest BCUT2D eigenvalue weighted by Crippen LogP contribution is 2.26. The summed E-state index contributed by atoms with van der Waals surface area (Å²) in [4.78, 5) is 35.4. The summed E-state index contributed by atoms with van der Waals surface area (Å²) in [5, 5.41) is 74.4. The number of carbonyl (C=O) groups excluding carboxylic acids is 3. The first-order valence-electron chi connectivity index (χ1n) is 9.62. The molecule has 0 aromatic heterocycles. The van der Waals surface area contributed by atoms with Gasteiger partial charge in [-0.1, -0.05) is 0 Å². The zero-order chi connectivity index (χ0) is 25.1. The molecule has 33 heavy (non-hydrogen) atoms. The van der Waals surface area contributed by atoms with Crippen molar-refractivity contribution in [1.82, 2.24) is 0 Å². The summed E-state index contributed by atoms with van der Waals surface area (Å²) in [5.74, 6) is -3.21. The third kappa shape index (κ3) is 11.1. The molecule has 1 saturated heterocycles. The summed E-state index contributed by atoms with van der Waals surface area (Å²) in [5.41, 5.74) is 0. The van der Waals surface area contributed by atoms with Crippen LogP contribution in [0.15, 0.2) is 0 Å². The second kappa shape index (κ2) is 14.2. The van der Waals surface area contributed by atoms with E-state index < -0.39 is 110 Å². The molecule has 8 atom stereocenters. The Labute approximate surface area is 185 Å². The van der Waals surface area contributed by atoms with Crippen molar-refractivity contribution < 1.29 is 74.8 Å². The van der Waals surface area contributed by atoms with Gasteiger partial charge in [0.05, 0.1) is 19.3 Å². The molecule has 18 heteroatoms. The maximum Gasteiger partial charge on any atom is 0.312 e. The maximum absolute atomic E-state index is 12.0. The van der Waals surface area contributed by atoms with Crippen LogP contribution in [0.4, 0.5) is 0 Å². The van der Waals surface area contributed by atoms with Gasteiger partial charge >= 0.3 is 17.9 Å². The Kier molecular flexibility index (Phi) is 12.5. The van der Waals surface area contributed by atoms with E-state index in [2.05, 4.69) is 0 Å². The molecule has 18 nitrogen and oxygen atoms in total. The number of rotatable bonds is 13. The van der Waals surface area contributed by atoms with Crippen LogP contribution in [0.25, 0.3) is 0 Å². The van der Waals surface area contributed by atoms with Crippen molar-refractivity contribution >= 4 is 17.9 Å². The molecular weight excluding hydrogens is 462 g/mol. The van der Waals surface area contributed by atoms with Crippen LogP contribution in [-0.4, -0.2) is 101 Å². The van der Waals surface area contributed by atoms with Crippen molar-refractivity contribution in [3.8, 4) is 0 Å². The van der Waals surface area contributed by atoms with Gasteiger partial charge in [-0.2, -0.15) is 0 Å². The molecule has 0 radical (unpaired) electrons. The van der Waals surface area contributed by atoms with Crippen molar-refractivity contribution in [2.45, 2.75) is 50.0 Å². The van der Waals surface area contributed by atoms with E-state index in [1.807, 2.05) is 0 Å². The first-order chi connectivity index (χ1) is 15.4. The smallest absolute Gasteiger partial charge is 0.312 e. The van der Waals surface area contributed by atoms with Gasteiger partial charge in [-0.15, -0.1) is 0 Å². The van der Waals surface area contributed by atoms with Crippen molar-refractivity contribution in [2.24, 2.45) is 0 Å². The first kappa shape index (κ1) is 29.0. The predicted molar refractivity (Wildman–Crippen MR) is 94.4 cm³/mol. The summed E-state index contributed by atoms with van der Waals surface area (Å²) >= 11 is 0. The molecule has 1 heterocycles. The van der Waals surface area contributed by atoms with Crippen LogP contribution in [0, 0.1) is 15.6 Å². The molecule has 0 aromatic carbocycles. The molecule has 1 rings (SSSR count). The topological polar surface area (TPSA) is 272 Å². The third-order valence-corrected chi connectivity index (χ3v) is 4.21. The van der Waals surface area contributed by atoms with Gasteiger partial charge in [-0.3, -0.25) is 14.4 Å². The molecular formula is C15H27N3O15. The number of hydroxylamine groups is 6. The molecule has 1 fully saturated rings. The van der Waals surface area contributed by atoms with Crippen LogP contribution in [0.1, 0.15) is 19.3 Å². The number of carbonyl (C=O) groups is 3. The van der Waals surface area contributed by atoms with E-state index in [1.165, 1.54) is 0 Å². The van der Waals surface area contributed by atoms with Crippen molar-refractivity contribution in [3.05, 3.63) is 15.6 Å². The Hall–Kier alpha value is -2.07. The van der Waals surface area contributed by atoms with E-state index in [9.17, 15) is 40.2 Å². The zero-order valence-corrected chi connectivity index (χ0v) is 17.2. The quantitative estimate of drug-likeness (QED) is 0.0678. The fourth-order valence-electron chi connectivity index (χ4n) is 2.60. The molecule has 8 N–H and O–H groups in total. The fourth-order valence-corrected chi connectivity index (χ4v) is 2.60. The highest BCUT2D eigenvalue weighted by molar-refractivity contribution is 5.71. The fraction of sp³-hybridized carbons (Fsp3) is 0.800. The average Bonchev–Trinajstić information content (AvgIpc) is 2.72. The van der Waals surface area contributed by atoms with Gasteiger partial charge in [0, 0.05) is 0 Å². The number of esters is 3. The van der Waals surface area contributed by atoms with E-state index in [1.54, 1.807) is 0 Å². The summed E-state index contributed by atoms with van der Waals surface area (Å²) in [7, 11) is 0. The van der Waals surface area contributed by atoms with E-state index in [-0.39, 0.29) is 0 Å². The Morgan fingerprint density at radius 2 is 1.18 bits per heavy atom. The molecule has 192 valence electrons. The van der Waals surface area contributed by atoms with Crippen LogP contribution in [0.3, 0.4) is 0 Å². The monoisotopic (exact) mass is 489 g/mol. The molecule has 0 spiro atoms. The maximum atomic E-state index is 12.0. The number of ether oxygens (including phenoxy) is 4. The molecule has 0 amide bonds. The van der Waals surface area contributed by atoms with Crippen molar-refractivity contribution in [3.63, 3.8) is 0 Å². The van der Waals surface area contributed by atoms with Crippen LogP contribution < -0.4 is 15.7 Å². The minimum atomic E-state index is -2.01. The van der Waals surface area contributed by atoms with Crippen LogP contribution >= 0.6 is 0 Å². The lowest BCUT2D eigenvalue weighted by molar-refractivity contribution is -1.05. The molecule has 0 aliphatic carbocycles. The summed E-state index contributed by atoms with van der Waals surface area (Å²) in [6.45, 7) is -2.44. The highest BCUT2D eigenvalue weighted by Gasteiger charge is 2.49. The molecule has 0 aromatic rings. The van der Waals surface area contributed by atoms with Gasteiger partial charge in [0.25, 0.3) is 0 Å². The number of nitrogens with one attached hydrogen (secondary N) is 3. The van der Waals surface area contributed by atoms with Gasteiger partial charge in [0.1, 0.15) is 38.4 Å². The van der Waals surface area contributed by atoms with E-state index in [0.717, 1.165) is 0 Å². The first-order valence-corrected chi connectivity index (χ1v) is 9.62. The Morgan fingerprint density at radius 3 is 1.64 bits per heavy atom. The van der Waals surface area contributed by atoms with Gasteiger partial charge < -0.3 is 44.8 Å². The van der Waals surface area contributed by atoms with Crippen LogP contribution in [0.5, 0.6) is 0 Å². The minimum absolute atomic E-state index is 0.488. The largest absolute Gasteiger partial charge is 0.600 e. The van der Waals surface area contributed by atoms with E-state index in [0.29, 0.717) is 0 Å². The van der Waals surface area contributed by atoms with Crippen molar-refractivity contribution in [1.29, 1.82) is 0 Å². The summed E-state index contributed by atoms with van der Waals surface area (Å²) in [6, 6.07) is 0. The SMILES string of the molecule is O=C(CC[NH+]([O-])O)OC[C@H]1O[C@H](O)[C@H](OC(=O)CC[NH+]([O-])O)[C@H](OC(=O)CC[NH+]([O-])O)[C@@H]1O. The average molecular weight is 489 g/mol. The second-order valence-corrected chi connectivity index (χ2v) is 6.83. The second-order valence-electron chi connectivity index (χ2n) is 6.83. The molecule has 1 aliphatic rings. The van der Waals surface area contributed by atoms with Gasteiger partial charge in [0.2, 0.25) is 0 Å². The van der Waals surface area contributed by atoms with Crippen LogP contribution in [0.2, 0.25) is 0 Å². The van der Waals surface area contributed by atoms with Crippen molar-refractivity contribution in [2.75, 3.05) is 26.2 Å². The third-order valence-electron chi connectivity index (χ3n) is 4.21. The Morgan fingerprint density at radius 1 is 0.758 bits per heavy atom. The van der Waals surface area contributed by atoms with E-state index >= 15 is 0 Å². The molecule has 0 saturated carbocycles. The number of aliphatic hydroxyl groups is 2. The Balaban J connectivity index is 2.86. The molecule has 0 bridgehead atoms. The highest BCUT2D eigenvalue weighted by atomic mass is 16.8. The normalized spacial score (nSPS) is 27.8. The summed E-state index contributed by atoms with van der Waals surface area (Å²) < 4.78 is 19.7. The van der Waals surface area contributed by atoms with Gasteiger partial charge in [0.15, 0.2) is 18.5 Å². The number of hydrogen-bond donors (Lipinski definition) is 8. The Bertz CT molecular complexity index is 634. The van der Waals surface area contributed by atoms with Gasteiger partial charge in [-0.25, -0.2) is 31.3 Å². The number of quaternary nitrogens is 3.